The van der Waals surface area contributed by atoms with Crippen molar-refractivity contribution in [2.24, 2.45) is 16.7 Å². The Bertz CT molecular complexity index is 1580. The molecule has 1 aromatic rings. The van der Waals surface area contributed by atoms with E-state index in [-0.39, 0.29) is 31.7 Å². The van der Waals surface area contributed by atoms with Crippen LogP contribution < -0.4 is 0 Å². The summed E-state index contributed by atoms with van der Waals surface area (Å²) in [6, 6.07) is 9.31. The van der Waals surface area contributed by atoms with Crippen LogP contribution in [0.1, 0.15) is 92.7 Å². The molecular weight excluding hydrogens is 658 g/mol. The number of aliphatic hydroxyl groups is 1. The lowest BCUT2D eigenvalue weighted by atomic mass is 9.47. The zero-order valence-corrected chi connectivity index (χ0v) is 31.4. The molecule has 2 saturated carbocycles. The number of esters is 5. The predicted molar refractivity (Wildman–Crippen MR) is 186 cm³/mol. The molecule has 0 saturated heterocycles. The van der Waals surface area contributed by atoms with Crippen LogP contribution in [0.25, 0.3) is 0 Å². The third-order valence-electron chi connectivity index (χ3n) is 11.2. The molecule has 2 fully saturated rings. The lowest BCUT2D eigenvalue weighted by Gasteiger charge is -2.63. The van der Waals surface area contributed by atoms with Crippen LogP contribution in [0, 0.1) is 16.7 Å². The number of benzene rings is 1. The fourth-order valence-electron chi connectivity index (χ4n) is 8.80. The molecule has 0 aliphatic heterocycles. The first kappa shape index (κ1) is 39.8. The second-order valence-electron chi connectivity index (χ2n) is 15.2. The fraction of sp³-hybridized carbons (Fsp3) is 0.615. The molecule has 0 unspecified atom stereocenters. The van der Waals surface area contributed by atoms with Crippen LogP contribution in [-0.2, 0) is 47.7 Å². The largest absolute Gasteiger partial charge is 0.459 e. The highest BCUT2D eigenvalue weighted by Gasteiger charge is 2.69. The highest BCUT2D eigenvalue weighted by molar-refractivity contribution is 5.71. The van der Waals surface area contributed by atoms with Gasteiger partial charge in [0, 0.05) is 56.9 Å². The minimum absolute atomic E-state index is 0.0369. The summed E-state index contributed by atoms with van der Waals surface area (Å²) in [5.74, 6) is -4.13. The van der Waals surface area contributed by atoms with Gasteiger partial charge in [-0.3, -0.25) is 24.0 Å². The van der Waals surface area contributed by atoms with E-state index in [0.29, 0.717) is 16.7 Å². The standard InChI is InChI=1S/C39H53NO11/c1-21-29(51-31(45)19-28(40(10)11)27-15-13-12-14-16-27)17-18-38(9)33(21)35(49-25(5)43)39(46)20-30(47-23(3)41)22(2)32(37(39,7)8)34(48-24(4)42)36(38)50-26(6)44/h12-16,28-30,33-36,46H,1,17-20H2,2-11H3/t28-,29+,30+,33+,34-,35+,36+,38-,39-/m1/s1. The van der Waals surface area contributed by atoms with Gasteiger partial charge in [0.2, 0.25) is 0 Å². The van der Waals surface area contributed by atoms with Gasteiger partial charge in [-0.2, -0.15) is 0 Å². The van der Waals surface area contributed by atoms with Gasteiger partial charge < -0.3 is 33.7 Å². The van der Waals surface area contributed by atoms with Crippen molar-refractivity contribution in [3.63, 3.8) is 0 Å². The van der Waals surface area contributed by atoms with E-state index in [1.165, 1.54) is 27.7 Å². The van der Waals surface area contributed by atoms with Gasteiger partial charge in [0.25, 0.3) is 0 Å². The smallest absolute Gasteiger partial charge is 0.308 e. The van der Waals surface area contributed by atoms with Gasteiger partial charge in [-0.05, 0) is 56.1 Å². The molecule has 12 heteroatoms. The van der Waals surface area contributed by atoms with Gasteiger partial charge in [0.1, 0.15) is 30.0 Å². The third kappa shape index (κ3) is 7.62. The summed E-state index contributed by atoms with van der Waals surface area (Å²) in [4.78, 5) is 66.7. The number of hydrogen-bond donors (Lipinski definition) is 1. The Morgan fingerprint density at radius 3 is 1.92 bits per heavy atom. The zero-order valence-electron chi connectivity index (χ0n) is 31.4. The Labute approximate surface area is 300 Å². The SMILES string of the molecule is C=C1[C@@H](OC(=O)C[C@H](c2ccccc2)N(C)C)CC[C@@]2(C)[C@@H](OC(C)=O)[C@H](OC(C)=O)C3=C(C)[C@@H](OC(C)=O)C[C@@](O)([C@@H](OC(C)=O)[C@H]12)C3(C)C. The molecule has 0 heterocycles. The number of rotatable bonds is 9. The van der Waals surface area contributed by atoms with Gasteiger partial charge in [0.05, 0.1) is 6.42 Å². The molecule has 0 radical (unpaired) electrons. The maximum Gasteiger partial charge on any atom is 0.308 e. The highest BCUT2D eigenvalue weighted by Crippen LogP contribution is 2.62. The molecule has 3 aliphatic carbocycles. The molecule has 2 bridgehead atoms. The van der Waals surface area contributed by atoms with E-state index in [9.17, 15) is 29.1 Å². The van der Waals surface area contributed by atoms with Crippen molar-refractivity contribution < 1.29 is 52.8 Å². The van der Waals surface area contributed by atoms with Gasteiger partial charge >= 0.3 is 29.8 Å². The van der Waals surface area contributed by atoms with E-state index in [2.05, 4.69) is 6.58 Å². The molecule has 12 nitrogen and oxygen atoms in total. The summed E-state index contributed by atoms with van der Waals surface area (Å²) < 4.78 is 30.1. The second kappa shape index (κ2) is 14.9. The van der Waals surface area contributed by atoms with Crippen LogP contribution >= 0.6 is 0 Å². The van der Waals surface area contributed by atoms with E-state index >= 15 is 0 Å². The maximum atomic E-state index is 13.7. The predicted octanol–water partition coefficient (Wildman–Crippen LogP) is 4.78. The first-order valence-corrected chi connectivity index (χ1v) is 17.4. The second-order valence-corrected chi connectivity index (χ2v) is 15.2. The van der Waals surface area contributed by atoms with Crippen molar-refractivity contribution in [2.75, 3.05) is 14.1 Å². The van der Waals surface area contributed by atoms with E-state index < -0.39 is 82.7 Å². The van der Waals surface area contributed by atoms with E-state index in [1.807, 2.05) is 56.3 Å². The number of carbonyl (C=O) groups excluding carboxylic acids is 5. The third-order valence-corrected chi connectivity index (χ3v) is 11.2. The minimum atomic E-state index is -1.96. The zero-order chi connectivity index (χ0) is 38.2. The first-order valence-electron chi connectivity index (χ1n) is 17.4. The van der Waals surface area contributed by atoms with E-state index in [1.54, 1.807) is 20.8 Å². The van der Waals surface area contributed by atoms with Gasteiger partial charge in [-0.25, -0.2) is 0 Å². The van der Waals surface area contributed by atoms with Crippen LogP contribution in [-0.4, -0.2) is 90.1 Å². The summed E-state index contributed by atoms with van der Waals surface area (Å²) in [7, 11) is 3.76. The monoisotopic (exact) mass is 711 g/mol. The van der Waals surface area contributed by atoms with Crippen LogP contribution in [0.15, 0.2) is 53.6 Å². The topological polar surface area (TPSA) is 155 Å². The maximum absolute atomic E-state index is 13.7. The summed E-state index contributed by atoms with van der Waals surface area (Å²) in [5.41, 5.74) is -2.30. The molecule has 9 atom stereocenters. The summed E-state index contributed by atoms with van der Waals surface area (Å²) >= 11 is 0. The number of ether oxygens (including phenoxy) is 5. The highest BCUT2D eigenvalue weighted by atomic mass is 16.6. The first-order chi connectivity index (χ1) is 23.6. The van der Waals surface area contributed by atoms with E-state index in [0.717, 1.165) is 5.56 Å². The van der Waals surface area contributed by atoms with Crippen LogP contribution in [0.5, 0.6) is 0 Å². The van der Waals surface area contributed by atoms with Crippen LogP contribution in [0.4, 0.5) is 0 Å². The Morgan fingerprint density at radius 1 is 0.843 bits per heavy atom. The van der Waals surface area contributed by atoms with E-state index in [4.69, 9.17) is 23.7 Å². The van der Waals surface area contributed by atoms with Crippen molar-refractivity contribution in [1.82, 2.24) is 4.90 Å². The molecule has 280 valence electrons. The van der Waals surface area contributed by atoms with Gasteiger partial charge in [-0.1, -0.05) is 57.7 Å². The Morgan fingerprint density at radius 2 is 1.39 bits per heavy atom. The van der Waals surface area contributed by atoms with Crippen molar-refractivity contribution in [1.29, 1.82) is 0 Å². The Kier molecular flexibility index (Phi) is 11.6. The molecule has 0 aromatic heterocycles. The van der Waals surface area contributed by atoms with Crippen LogP contribution in [0.3, 0.4) is 0 Å². The molecule has 1 aromatic carbocycles. The number of hydrogen-bond acceptors (Lipinski definition) is 12. The quantitative estimate of drug-likeness (QED) is 0.213. The molecule has 0 amide bonds. The Hall–Kier alpha value is -4.03. The van der Waals surface area contributed by atoms with Gasteiger partial charge in [0.15, 0.2) is 6.10 Å². The average Bonchev–Trinajstić information content (AvgIpc) is 3.01. The summed E-state index contributed by atoms with van der Waals surface area (Å²) in [6.07, 6.45) is -5.32. The van der Waals surface area contributed by atoms with Gasteiger partial charge in [-0.15, -0.1) is 0 Å². The molecule has 4 rings (SSSR count). The minimum Gasteiger partial charge on any atom is -0.459 e. The molecule has 0 spiro atoms. The van der Waals surface area contributed by atoms with Crippen LogP contribution in [0.2, 0.25) is 0 Å². The lowest BCUT2D eigenvalue weighted by Crippen LogP contribution is -2.71. The van der Waals surface area contributed by atoms with Crippen molar-refractivity contribution in [3.05, 3.63) is 59.2 Å². The molecule has 51 heavy (non-hydrogen) atoms. The average molecular weight is 712 g/mol. The summed E-state index contributed by atoms with van der Waals surface area (Å²) in [6.45, 7) is 16.3. The lowest BCUT2D eigenvalue weighted by molar-refractivity contribution is -0.243. The number of carbonyl (C=O) groups is 5. The number of fused-ring (bicyclic) bond motifs is 3. The van der Waals surface area contributed by atoms with Crippen molar-refractivity contribution in [2.45, 2.75) is 123 Å². The van der Waals surface area contributed by atoms with Crippen molar-refractivity contribution in [3.8, 4) is 0 Å². The molecule has 1 N–H and O–H groups in total. The summed E-state index contributed by atoms with van der Waals surface area (Å²) in [5, 5.41) is 13.1. The normalized spacial score (nSPS) is 32.0. The molecular formula is C39H53NO11. The fourth-order valence-corrected chi connectivity index (χ4v) is 8.80. The van der Waals surface area contributed by atoms with Crippen molar-refractivity contribution >= 4 is 29.8 Å². The Balaban J connectivity index is 1.91. The number of nitrogens with zero attached hydrogens (tertiary/aromatic N) is 1. The molecule has 3 aliphatic rings.